The normalized spacial score (nSPS) is 15.5. The Morgan fingerprint density at radius 3 is 2.61 bits per heavy atom. The van der Waals surface area contributed by atoms with Crippen molar-refractivity contribution in [2.24, 2.45) is 0 Å². The van der Waals surface area contributed by atoms with Gasteiger partial charge in [0.05, 0.1) is 24.6 Å². The molecule has 3 rings (SSSR count). The van der Waals surface area contributed by atoms with Gasteiger partial charge in [-0.2, -0.15) is 9.40 Å². The number of rotatable bonds is 6. The van der Waals surface area contributed by atoms with Crippen molar-refractivity contribution in [2.75, 3.05) is 26.3 Å². The van der Waals surface area contributed by atoms with Gasteiger partial charge in [-0.25, -0.2) is 12.8 Å². The standard InChI is InChI=1S/C18H23FN4O4S/c1-13-18(28(25,26)22-7-9-27-10-8-22)14(2)23(21-13)12-17(24)20-11-15-5-3-4-6-16(15)19/h3-6H,7-12H2,1-2H3,(H,20,24). The second kappa shape index (κ2) is 8.38. The lowest BCUT2D eigenvalue weighted by molar-refractivity contribution is -0.122. The number of morpholine rings is 1. The molecule has 1 saturated heterocycles. The van der Waals surface area contributed by atoms with Crippen molar-refractivity contribution in [3.63, 3.8) is 0 Å². The second-order valence-electron chi connectivity index (χ2n) is 6.54. The monoisotopic (exact) mass is 410 g/mol. The molecule has 10 heteroatoms. The van der Waals surface area contributed by atoms with Gasteiger partial charge < -0.3 is 10.1 Å². The van der Waals surface area contributed by atoms with Gasteiger partial charge in [0.2, 0.25) is 15.9 Å². The van der Waals surface area contributed by atoms with E-state index in [1.54, 1.807) is 32.0 Å². The first-order chi connectivity index (χ1) is 13.3. The molecule has 0 saturated carbocycles. The quantitative estimate of drug-likeness (QED) is 0.766. The number of aryl methyl sites for hydroxylation is 1. The lowest BCUT2D eigenvalue weighted by Gasteiger charge is -2.26. The van der Waals surface area contributed by atoms with Gasteiger partial charge in [-0.1, -0.05) is 18.2 Å². The smallest absolute Gasteiger partial charge is 0.246 e. The molecule has 1 aliphatic rings. The highest BCUT2D eigenvalue weighted by molar-refractivity contribution is 7.89. The van der Waals surface area contributed by atoms with E-state index < -0.39 is 15.8 Å². The number of sulfonamides is 1. The molecule has 1 aromatic carbocycles. The van der Waals surface area contributed by atoms with Crippen LogP contribution in [0.4, 0.5) is 4.39 Å². The van der Waals surface area contributed by atoms with Crippen LogP contribution in [0.2, 0.25) is 0 Å². The largest absolute Gasteiger partial charge is 0.379 e. The zero-order chi connectivity index (χ0) is 20.3. The maximum atomic E-state index is 13.6. The Bertz CT molecular complexity index is 968. The van der Waals surface area contributed by atoms with Gasteiger partial charge in [0, 0.05) is 25.2 Å². The molecule has 1 aliphatic heterocycles. The van der Waals surface area contributed by atoms with Crippen LogP contribution in [-0.2, 0) is 32.6 Å². The van der Waals surface area contributed by atoms with Crippen LogP contribution in [0.5, 0.6) is 0 Å². The van der Waals surface area contributed by atoms with Crippen molar-refractivity contribution in [3.8, 4) is 0 Å². The summed E-state index contributed by atoms with van der Waals surface area (Å²) in [4.78, 5) is 12.4. The third-order valence-electron chi connectivity index (χ3n) is 4.61. The second-order valence-corrected chi connectivity index (χ2v) is 8.42. The molecule has 1 N–H and O–H groups in total. The molecule has 1 amide bonds. The fourth-order valence-electron chi connectivity index (χ4n) is 3.15. The lowest BCUT2D eigenvalue weighted by atomic mass is 10.2. The van der Waals surface area contributed by atoms with E-state index in [0.717, 1.165) is 0 Å². The summed E-state index contributed by atoms with van der Waals surface area (Å²) in [7, 11) is -3.71. The van der Waals surface area contributed by atoms with Crippen molar-refractivity contribution in [1.82, 2.24) is 19.4 Å². The Kier molecular flexibility index (Phi) is 6.11. The Morgan fingerprint density at radius 2 is 1.93 bits per heavy atom. The molecule has 0 bridgehead atoms. The average molecular weight is 410 g/mol. The first-order valence-corrected chi connectivity index (χ1v) is 10.4. The Labute approximate surface area is 163 Å². The number of amides is 1. The van der Waals surface area contributed by atoms with Gasteiger partial charge in [0.25, 0.3) is 0 Å². The molecule has 1 fully saturated rings. The number of ether oxygens (including phenoxy) is 1. The van der Waals surface area contributed by atoms with Crippen LogP contribution in [0.3, 0.4) is 0 Å². The Hall–Kier alpha value is -2.30. The van der Waals surface area contributed by atoms with Crippen molar-refractivity contribution >= 4 is 15.9 Å². The van der Waals surface area contributed by atoms with E-state index in [1.165, 1.54) is 15.1 Å². The van der Waals surface area contributed by atoms with Crippen LogP contribution in [0.1, 0.15) is 17.0 Å². The third kappa shape index (κ3) is 4.23. The summed E-state index contributed by atoms with van der Waals surface area (Å²) in [6.07, 6.45) is 0. The molecular weight excluding hydrogens is 387 g/mol. The zero-order valence-corrected chi connectivity index (χ0v) is 16.6. The summed E-state index contributed by atoms with van der Waals surface area (Å²) in [6, 6.07) is 6.18. The van der Waals surface area contributed by atoms with Crippen LogP contribution in [0.25, 0.3) is 0 Å². The number of benzene rings is 1. The van der Waals surface area contributed by atoms with Gasteiger partial charge in [0.15, 0.2) is 0 Å². The summed E-state index contributed by atoms with van der Waals surface area (Å²) < 4.78 is 47.5. The van der Waals surface area contributed by atoms with E-state index in [0.29, 0.717) is 30.2 Å². The minimum absolute atomic E-state index is 0.0454. The molecule has 28 heavy (non-hydrogen) atoms. The highest BCUT2D eigenvalue weighted by Gasteiger charge is 2.32. The molecule has 1 aromatic heterocycles. The summed E-state index contributed by atoms with van der Waals surface area (Å²) in [6.45, 7) is 4.40. The molecule has 2 heterocycles. The maximum Gasteiger partial charge on any atom is 0.246 e. The first kappa shape index (κ1) is 20.4. The van der Waals surface area contributed by atoms with E-state index in [-0.39, 0.29) is 37.0 Å². The molecule has 0 atom stereocenters. The van der Waals surface area contributed by atoms with E-state index in [9.17, 15) is 17.6 Å². The number of hydrogen-bond acceptors (Lipinski definition) is 5. The predicted octanol–water partition coefficient (Wildman–Crippen LogP) is 0.976. The van der Waals surface area contributed by atoms with E-state index in [1.807, 2.05) is 0 Å². The molecular formula is C18H23FN4O4S. The number of nitrogens with one attached hydrogen (secondary N) is 1. The van der Waals surface area contributed by atoms with E-state index in [4.69, 9.17) is 4.74 Å². The Morgan fingerprint density at radius 1 is 1.25 bits per heavy atom. The molecule has 0 aliphatic carbocycles. The summed E-state index contributed by atoms with van der Waals surface area (Å²) in [5.74, 6) is -0.781. The molecule has 0 unspecified atom stereocenters. The number of hydrogen-bond donors (Lipinski definition) is 1. The van der Waals surface area contributed by atoms with E-state index in [2.05, 4.69) is 10.4 Å². The van der Waals surface area contributed by atoms with Crippen molar-refractivity contribution in [1.29, 1.82) is 0 Å². The summed E-state index contributed by atoms with van der Waals surface area (Å²) in [5.41, 5.74) is 1.11. The highest BCUT2D eigenvalue weighted by atomic mass is 32.2. The zero-order valence-electron chi connectivity index (χ0n) is 15.8. The summed E-state index contributed by atoms with van der Waals surface area (Å²) in [5, 5.41) is 6.86. The fourth-order valence-corrected chi connectivity index (χ4v) is 4.93. The Balaban J connectivity index is 1.72. The van der Waals surface area contributed by atoms with Gasteiger partial charge >= 0.3 is 0 Å². The number of halogens is 1. The molecule has 2 aromatic rings. The minimum atomic E-state index is -3.71. The molecule has 0 spiro atoms. The van der Waals surface area contributed by atoms with Crippen molar-refractivity contribution in [3.05, 3.63) is 47.0 Å². The van der Waals surface area contributed by atoms with Crippen LogP contribution < -0.4 is 5.32 Å². The predicted molar refractivity (Wildman–Crippen MR) is 99.5 cm³/mol. The lowest BCUT2D eigenvalue weighted by Crippen LogP contribution is -2.41. The van der Waals surface area contributed by atoms with Crippen LogP contribution in [-0.4, -0.2) is 54.7 Å². The van der Waals surface area contributed by atoms with Gasteiger partial charge in [-0.15, -0.1) is 0 Å². The summed E-state index contributed by atoms with van der Waals surface area (Å²) >= 11 is 0. The third-order valence-corrected chi connectivity index (χ3v) is 6.76. The number of carbonyl (C=O) groups excluding carboxylic acids is 1. The fraction of sp³-hybridized carbons (Fsp3) is 0.444. The first-order valence-electron chi connectivity index (χ1n) is 8.92. The van der Waals surface area contributed by atoms with E-state index >= 15 is 0 Å². The molecule has 0 radical (unpaired) electrons. The maximum absolute atomic E-state index is 13.6. The van der Waals surface area contributed by atoms with Gasteiger partial charge in [-0.05, 0) is 19.9 Å². The van der Waals surface area contributed by atoms with Crippen molar-refractivity contribution < 1.29 is 22.3 Å². The highest BCUT2D eigenvalue weighted by Crippen LogP contribution is 2.24. The number of carbonyl (C=O) groups is 1. The molecule has 152 valence electrons. The number of aromatic nitrogens is 2. The molecule has 8 nitrogen and oxygen atoms in total. The van der Waals surface area contributed by atoms with Gasteiger partial charge in [0.1, 0.15) is 17.3 Å². The average Bonchev–Trinajstić information content (AvgIpc) is 2.95. The topological polar surface area (TPSA) is 93.5 Å². The van der Waals surface area contributed by atoms with Gasteiger partial charge in [-0.3, -0.25) is 9.48 Å². The minimum Gasteiger partial charge on any atom is -0.379 e. The van der Waals surface area contributed by atoms with Crippen LogP contribution in [0.15, 0.2) is 29.2 Å². The number of nitrogens with zero attached hydrogens (tertiary/aromatic N) is 3. The SMILES string of the molecule is Cc1nn(CC(=O)NCc2ccccc2F)c(C)c1S(=O)(=O)N1CCOCC1. The van der Waals surface area contributed by atoms with Crippen LogP contribution >= 0.6 is 0 Å². The van der Waals surface area contributed by atoms with Crippen LogP contribution in [0, 0.1) is 19.7 Å². The van der Waals surface area contributed by atoms with Crippen molar-refractivity contribution in [2.45, 2.75) is 31.8 Å².